The van der Waals surface area contributed by atoms with E-state index in [1.807, 2.05) is 0 Å². The number of hydrogen-bond donors (Lipinski definition) is 2. The van der Waals surface area contributed by atoms with Gasteiger partial charge in [0.25, 0.3) is 5.56 Å². The Bertz CT molecular complexity index is 1600. The summed E-state index contributed by atoms with van der Waals surface area (Å²) in [5.41, 5.74) is 0.0607. The van der Waals surface area contributed by atoms with Crippen LogP contribution in [0.2, 0.25) is 5.02 Å². The van der Waals surface area contributed by atoms with Gasteiger partial charge >= 0.3 is 5.97 Å². The number of carbonyl (C=O) groups is 2. The summed E-state index contributed by atoms with van der Waals surface area (Å²) in [6, 6.07) is 10.3. The Morgan fingerprint density at radius 3 is 2.46 bits per heavy atom. The van der Waals surface area contributed by atoms with Crippen LogP contribution in [-0.4, -0.2) is 76.6 Å². The van der Waals surface area contributed by atoms with Crippen LogP contribution in [-0.2, 0) is 26.7 Å². The Balaban J connectivity index is 1.51. The highest BCUT2D eigenvalue weighted by Crippen LogP contribution is 2.37. The Morgan fingerprint density at radius 2 is 1.77 bits per heavy atom. The van der Waals surface area contributed by atoms with Gasteiger partial charge in [0.2, 0.25) is 15.9 Å². The fraction of sp³-hybridized carbons (Fsp3) is 0.385. The second kappa shape index (κ2) is 10.7. The van der Waals surface area contributed by atoms with Gasteiger partial charge in [-0.1, -0.05) is 23.7 Å². The number of aromatic nitrogens is 2. The summed E-state index contributed by atoms with van der Waals surface area (Å²) >= 11 is 6.04. The number of nitrogens with zero attached hydrogens (tertiary/aromatic N) is 4. The molecule has 0 saturated carbocycles. The van der Waals surface area contributed by atoms with E-state index in [0.29, 0.717) is 42.0 Å². The molecule has 1 aromatic heterocycles. The van der Waals surface area contributed by atoms with Crippen molar-refractivity contribution in [3.05, 3.63) is 69.6 Å². The molecule has 39 heavy (non-hydrogen) atoms. The number of carbonyl (C=O) groups excluding carboxylic acids is 1. The third kappa shape index (κ3) is 5.29. The van der Waals surface area contributed by atoms with Crippen molar-refractivity contribution in [1.29, 1.82) is 0 Å². The molecule has 0 bridgehead atoms. The van der Waals surface area contributed by atoms with E-state index >= 15 is 0 Å². The van der Waals surface area contributed by atoms with E-state index in [9.17, 15) is 27.9 Å². The van der Waals surface area contributed by atoms with Crippen molar-refractivity contribution in [2.75, 3.05) is 26.2 Å². The molecule has 13 heteroatoms. The van der Waals surface area contributed by atoms with Crippen LogP contribution in [0.4, 0.5) is 0 Å². The molecule has 0 radical (unpaired) electrons. The van der Waals surface area contributed by atoms with Crippen molar-refractivity contribution < 1.29 is 23.1 Å². The van der Waals surface area contributed by atoms with Gasteiger partial charge < -0.3 is 15.3 Å². The van der Waals surface area contributed by atoms with Crippen LogP contribution in [0, 0.1) is 5.92 Å². The minimum atomic E-state index is -4.20. The third-order valence-electron chi connectivity index (χ3n) is 7.42. The van der Waals surface area contributed by atoms with Crippen molar-refractivity contribution in [2.24, 2.45) is 13.0 Å². The van der Waals surface area contributed by atoms with E-state index in [2.05, 4.69) is 10.4 Å². The van der Waals surface area contributed by atoms with Crippen LogP contribution in [0.1, 0.15) is 24.6 Å². The first-order chi connectivity index (χ1) is 18.6. The first-order valence-electron chi connectivity index (χ1n) is 12.5. The van der Waals surface area contributed by atoms with Gasteiger partial charge in [0, 0.05) is 24.7 Å². The Kier molecular flexibility index (Phi) is 7.47. The molecular weight excluding hydrogens is 546 g/mol. The van der Waals surface area contributed by atoms with Crippen molar-refractivity contribution in [3.63, 3.8) is 0 Å². The Hall–Kier alpha value is -3.32. The van der Waals surface area contributed by atoms with Gasteiger partial charge in [-0.15, -0.1) is 0 Å². The summed E-state index contributed by atoms with van der Waals surface area (Å²) in [6.45, 7) is 0.425. The molecule has 2 N–H and O–H groups in total. The van der Waals surface area contributed by atoms with E-state index < -0.39 is 47.1 Å². The van der Waals surface area contributed by atoms with Gasteiger partial charge in [-0.25, -0.2) is 17.9 Å². The molecule has 1 unspecified atom stereocenters. The lowest BCUT2D eigenvalue weighted by Gasteiger charge is -2.45. The molecule has 206 valence electrons. The third-order valence-corrected chi connectivity index (χ3v) is 9.47. The van der Waals surface area contributed by atoms with Crippen molar-refractivity contribution in [3.8, 4) is 0 Å². The van der Waals surface area contributed by atoms with Gasteiger partial charge in [-0.05, 0) is 73.0 Å². The van der Waals surface area contributed by atoms with Gasteiger partial charge in [0.1, 0.15) is 6.04 Å². The van der Waals surface area contributed by atoms with E-state index in [1.54, 1.807) is 24.3 Å². The largest absolute Gasteiger partial charge is 0.480 e. The minimum absolute atomic E-state index is 0.0441. The number of aryl methyl sites for hydroxylation is 1. The van der Waals surface area contributed by atoms with Crippen molar-refractivity contribution in [2.45, 2.75) is 29.8 Å². The molecule has 3 heterocycles. The molecule has 1 amide bonds. The first-order valence-corrected chi connectivity index (χ1v) is 14.4. The van der Waals surface area contributed by atoms with Crippen LogP contribution in [0.3, 0.4) is 0 Å². The van der Waals surface area contributed by atoms with E-state index in [-0.39, 0.29) is 16.4 Å². The fourth-order valence-corrected chi connectivity index (χ4v) is 7.05. The SMILES string of the molecule is Cn1nc(C(C2CCNCC2)N2C(=O)CN(S(=O)(=O)c3ccc4cc(Cl)ccc4c3)C[C@@H]2C(=O)O)ccc1=O. The molecule has 2 atom stereocenters. The maximum absolute atomic E-state index is 13.7. The quantitative estimate of drug-likeness (QED) is 0.453. The molecule has 2 aliphatic rings. The molecule has 0 aliphatic carbocycles. The number of fused-ring (bicyclic) bond motifs is 1. The number of carboxylic acid groups (broad SMARTS) is 1. The van der Waals surface area contributed by atoms with Crippen LogP contribution in [0.25, 0.3) is 10.8 Å². The number of rotatable bonds is 6. The first kappa shape index (κ1) is 27.3. The number of benzene rings is 2. The molecule has 0 spiro atoms. The van der Waals surface area contributed by atoms with Gasteiger partial charge in [-0.3, -0.25) is 9.59 Å². The van der Waals surface area contributed by atoms with Crippen molar-refractivity contribution >= 4 is 44.3 Å². The number of halogens is 1. The second-order valence-electron chi connectivity index (χ2n) is 9.86. The van der Waals surface area contributed by atoms with Crippen LogP contribution in [0.5, 0.6) is 0 Å². The zero-order valence-corrected chi connectivity index (χ0v) is 22.7. The molecule has 11 nitrogen and oxygen atoms in total. The summed E-state index contributed by atoms with van der Waals surface area (Å²) in [7, 11) is -2.71. The highest BCUT2D eigenvalue weighted by molar-refractivity contribution is 7.89. The van der Waals surface area contributed by atoms with E-state index in [1.165, 1.54) is 36.2 Å². The zero-order chi connectivity index (χ0) is 27.9. The maximum atomic E-state index is 13.7. The lowest BCUT2D eigenvalue weighted by atomic mass is 9.85. The molecule has 2 aliphatic heterocycles. The predicted molar refractivity (Wildman–Crippen MR) is 144 cm³/mol. The average molecular weight is 574 g/mol. The molecule has 2 aromatic carbocycles. The number of piperazine rings is 1. The van der Waals surface area contributed by atoms with Crippen molar-refractivity contribution in [1.82, 2.24) is 24.3 Å². The molecule has 2 fully saturated rings. The summed E-state index contributed by atoms with van der Waals surface area (Å²) in [4.78, 5) is 39.5. The molecule has 3 aromatic rings. The normalized spacial score (nSPS) is 20.3. The number of amides is 1. The van der Waals surface area contributed by atoms with Crippen LogP contribution in [0.15, 0.2) is 58.2 Å². The number of carboxylic acids is 1. The number of nitrogens with one attached hydrogen (secondary N) is 1. The van der Waals surface area contributed by atoms with Crippen LogP contribution >= 0.6 is 11.6 Å². The molecule has 5 rings (SSSR count). The van der Waals surface area contributed by atoms with E-state index in [0.717, 1.165) is 14.4 Å². The summed E-state index contributed by atoms with van der Waals surface area (Å²) in [6.07, 6.45) is 1.32. The smallest absolute Gasteiger partial charge is 0.327 e. The van der Waals surface area contributed by atoms with Gasteiger partial charge in [-0.2, -0.15) is 9.40 Å². The zero-order valence-electron chi connectivity index (χ0n) is 21.2. The Labute approximate surface area is 230 Å². The summed E-state index contributed by atoms with van der Waals surface area (Å²) < 4.78 is 29.3. The monoisotopic (exact) mass is 573 g/mol. The second-order valence-corrected chi connectivity index (χ2v) is 12.2. The topological polar surface area (TPSA) is 142 Å². The fourth-order valence-electron chi connectivity index (χ4n) is 5.43. The highest BCUT2D eigenvalue weighted by atomic mass is 35.5. The minimum Gasteiger partial charge on any atom is -0.480 e. The average Bonchev–Trinajstić information content (AvgIpc) is 2.91. The van der Waals surface area contributed by atoms with Crippen LogP contribution < -0.4 is 10.9 Å². The highest BCUT2D eigenvalue weighted by Gasteiger charge is 2.47. The Morgan fingerprint density at radius 1 is 1.08 bits per heavy atom. The molecular formula is C26H28ClN5O6S. The number of sulfonamides is 1. The lowest BCUT2D eigenvalue weighted by molar-refractivity contribution is -0.158. The maximum Gasteiger partial charge on any atom is 0.327 e. The number of aliphatic carboxylic acids is 1. The van der Waals surface area contributed by atoms with Gasteiger partial charge in [0.15, 0.2) is 0 Å². The summed E-state index contributed by atoms with van der Waals surface area (Å²) in [5.74, 6) is -2.08. The predicted octanol–water partition coefficient (Wildman–Crippen LogP) is 1.61. The van der Waals surface area contributed by atoms with Gasteiger partial charge in [0.05, 0.1) is 23.2 Å². The summed E-state index contributed by atoms with van der Waals surface area (Å²) in [5, 5.41) is 19.8. The standard InChI is InChI=1S/C26H28ClN5O6S/c1-30-23(33)7-6-21(29-30)25(16-8-10-28-11-9-16)32-22(26(35)36)14-31(15-24(32)34)39(37,38)20-5-3-17-12-19(27)4-2-18(17)13-20/h2-7,12-13,16,22,25,28H,8-11,14-15H2,1H3,(H,35,36)/t22-,25?/m1/s1. The number of piperidine rings is 1. The number of hydrogen-bond acceptors (Lipinski definition) is 7. The molecule has 2 saturated heterocycles. The lowest BCUT2D eigenvalue weighted by Crippen LogP contribution is -2.62. The van der Waals surface area contributed by atoms with E-state index in [4.69, 9.17) is 11.6 Å².